The van der Waals surface area contributed by atoms with Crippen molar-refractivity contribution >= 4 is 21.6 Å². The van der Waals surface area contributed by atoms with Crippen molar-refractivity contribution in [2.75, 3.05) is 7.11 Å². The van der Waals surface area contributed by atoms with Crippen molar-refractivity contribution in [1.29, 1.82) is 0 Å². The zero-order chi connectivity index (χ0) is 21.2. The van der Waals surface area contributed by atoms with Crippen molar-refractivity contribution in [1.82, 2.24) is 9.71 Å². The van der Waals surface area contributed by atoms with Crippen LogP contribution in [-0.2, 0) is 14.8 Å². The SMILES string of the molecule is CC=C1C=C(C(=O)NS(=O)(=O)c2cc(F)ccc2OC)N=C1c1ncccc1F. The number of aliphatic imine (C=N–C) groups is 1. The summed E-state index contributed by atoms with van der Waals surface area (Å²) >= 11 is 0. The number of hydrogen-bond acceptors (Lipinski definition) is 6. The van der Waals surface area contributed by atoms with E-state index in [0.717, 1.165) is 18.2 Å². The summed E-state index contributed by atoms with van der Waals surface area (Å²) in [6.45, 7) is 1.65. The van der Waals surface area contributed by atoms with Crippen LogP contribution in [0.3, 0.4) is 0 Å². The van der Waals surface area contributed by atoms with Crippen molar-refractivity contribution in [3.05, 3.63) is 77.3 Å². The topological polar surface area (TPSA) is 97.7 Å². The van der Waals surface area contributed by atoms with Gasteiger partial charge in [0.15, 0.2) is 5.82 Å². The van der Waals surface area contributed by atoms with E-state index in [4.69, 9.17) is 4.74 Å². The molecule has 0 saturated heterocycles. The van der Waals surface area contributed by atoms with Gasteiger partial charge < -0.3 is 4.74 Å². The standard InChI is InChI=1S/C19H15F2N3O4S/c1-3-11-9-14(23-17(11)18-13(21)5-4-8-22-18)19(25)24-29(26,27)16-10-12(20)6-7-15(16)28-2/h3-10H,1-2H3,(H,24,25). The largest absolute Gasteiger partial charge is 0.495 e. The Morgan fingerprint density at radius 2 is 2.00 bits per heavy atom. The predicted octanol–water partition coefficient (Wildman–Crippen LogP) is 2.51. The van der Waals surface area contributed by atoms with E-state index < -0.39 is 32.5 Å². The number of nitrogens with zero attached hydrogens (tertiary/aromatic N) is 2. The van der Waals surface area contributed by atoms with Crippen molar-refractivity contribution < 1.29 is 26.7 Å². The highest BCUT2D eigenvalue weighted by Gasteiger charge is 2.28. The van der Waals surface area contributed by atoms with Gasteiger partial charge in [-0.3, -0.25) is 9.78 Å². The Kier molecular flexibility index (Phi) is 5.55. The Bertz CT molecular complexity index is 1190. The number of allylic oxidation sites excluding steroid dienone is 3. The van der Waals surface area contributed by atoms with E-state index in [1.807, 2.05) is 4.72 Å². The van der Waals surface area contributed by atoms with Crippen LogP contribution in [0, 0.1) is 11.6 Å². The van der Waals surface area contributed by atoms with Crippen LogP contribution >= 0.6 is 0 Å². The van der Waals surface area contributed by atoms with E-state index in [-0.39, 0.29) is 22.9 Å². The third-order valence-electron chi connectivity index (χ3n) is 3.97. The molecule has 10 heteroatoms. The molecule has 3 rings (SSSR count). The van der Waals surface area contributed by atoms with Crippen LogP contribution in [0.4, 0.5) is 8.78 Å². The molecule has 29 heavy (non-hydrogen) atoms. The summed E-state index contributed by atoms with van der Waals surface area (Å²) < 4.78 is 59.4. The summed E-state index contributed by atoms with van der Waals surface area (Å²) in [7, 11) is -3.25. The quantitative estimate of drug-likeness (QED) is 0.803. The Balaban J connectivity index is 1.93. The molecule has 0 radical (unpaired) electrons. The molecule has 150 valence electrons. The van der Waals surface area contributed by atoms with Gasteiger partial charge >= 0.3 is 0 Å². The molecule has 1 aromatic heterocycles. The van der Waals surface area contributed by atoms with Crippen LogP contribution in [-0.4, -0.2) is 32.1 Å². The van der Waals surface area contributed by atoms with Crippen molar-refractivity contribution in [2.45, 2.75) is 11.8 Å². The molecule has 2 heterocycles. The lowest BCUT2D eigenvalue weighted by molar-refractivity contribution is -0.115. The molecular formula is C19H15F2N3O4S. The summed E-state index contributed by atoms with van der Waals surface area (Å²) in [4.78, 5) is 19.9. The fourth-order valence-electron chi connectivity index (χ4n) is 2.61. The number of pyridine rings is 1. The molecule has 1 aliphatic rings. The molecule has 1 aromatic carbocycles. The number of carbonyl (C=O) groups excluding carboxylic acids is 1. The van der Waals surface area contributed by atoms with E-state index in [9.17, 15) is 22.0 Å². The molecule has 0 spiro atoms. The smallest absolute Gasteiger partial charge is 0.283 e. The van der Waals surface area contributed by atoms with Gasteiger partial charge in [0.25, 0.3) is 15.9 Å². The number of carbonyl (C=O) groups is 1. The third kappa shape index (κ3) is 4.06. The van der Waals surface area contributed by atoms with Gasteiger partial charge in [-0.15, -0.1) is 0 Å². The molecule has 1 N–H and O–H groups in total. The second-order valence-electron chi connectivity index (χ2n) is 5.80. The number of ether oxygens (including phenoxy) is 1. The first-order chi connectivity index (χ1) is 13.8. The maximum Gasteiger partial charge on any atom is 0.283 e. The minimum Gasteiger partial charge on any atom is -0.495 e. The second kappa shape index (κ2) is 7.92. The summed E-state index contributed by atoms with van der Waals surface area (Å²) in [5.74, 6) is -2.67. The lowest BCUT2D eigenvalue weighted by atomic mass is 10.1. The molecule has 1 amide bonds. The van der Waals surface area contributed by atoms with Crippen LogP contribution in [0.25, 0.3) is 0 Å². The number of halogens is 2. The number of aromatic nitrogens is 1. The van der Waals surface area contributed by atoms with Crippen LogP contribution < -0.4 is 9.46 Å². The third-order valence-corrected chi connectivity index (χ3v) is 5.32. The van der Waals surface area contributed by atoms with E-state index >= 15 is 0 Å². The molecule has 0 fully saturated rings. The van der Waals surface area contributed by atoms with Crippen LogP contribution in [0.5, 0.6) is 5.75 Å². The first kappa shape index (κ1) is 20.3. The van der Waals surface area contributed by atoms with E-state index in [1.54, 1.807) is 13.0 Å². The first-order valence-corrected chi connectivity index (χ1v) is 9.73. The number of sulfonamides is 1. The highest BCUT2D eigenvalue weighted by atomic mass is 32.2. The van der Waals surface area contributed by atoms with Gasteiger partial charge in [-0.05, 0) is 43.3 Å². The predicted molar refractivity (Wildman–Crippen MR) is 101 cm³/mol. The minimum atomic E-state index is -4.46. The Labute approximate surface area is 165 Å². The highest BCUT2D eigenvalue weighted by Crippen LogP contribution is 2.26. The molecule has 0 unspecified atom stereocenters. The minimum absolute atomic E-state index is 0.0747. The first-order valence-electron chi connectivity index (χ1n) is 8.25. The van der Waals surface area contributed by atoms with Gasteiger partial charge in [0.2, 0.25) is 0 Å². The zero-order valence-corrected chi connectivity index (χ0v) is 16.1. The zero-order valence-electron chi connectivity index (χ0n) is 15.3. The number of amides is 1. The Hall–Kier alpha value is -3.40. The van der Waals surface area contributed by atoms with Gasteiger partial charge in [0, 0.05) is 11.8 Å². The summed E-state index contributed by atoms with van der Waals surface area (Å²) in [5.41, 5.74) is 0.149. The van der Waals surface area contributed by atoms with Gasteiger partial charge in [-0.2, -0.15) is 0 Å². The van der Waals surface area contributed by atoms with Crippen LogP contribution in [0.2, 0.25) is 0 Å². The number of benzene rings is 1. The van der Waals surface area contributed by atoms with Gasteiger partial charge in [0.1, 0.15) is 27.9 Å². The fraction of sp³-hybridized carbons (Fsp3) is 0.105. The monoisotopic (exact) mass is 419 g/mol. The maximum absolute atomic E-state index is 14.1. The van der Waals surface area contributed by atoms with Gasteiger partial charge in [-0.1, -0.05) is 6.08 Å². The molecule has 0 atom stereocenters. The average molecular weight is 419 g/mol. The highest BCUT2D eigenvalue weighted by molar-refractivity contribution is 7.90. The van der Waals surface area contributed by atoms with Crippen LogP contribution in [0.1, 0.15) is 12.6 Å². The molecule has 7 nitrogen and oxygen atoms in total. The number of rotatable bonds is 5. The summed E-state index contributed by atoms with van der Waals surface area (Å²) in [5, 5.41) is 0. The lowest BCUT2D eigenvalue weighted by Gasteiger charge is -2.10. The Morgan fingerprint density at radius 1 is 1.24 bits per heavy atom. The normalized spacial score (nSPS) is 15.1. The van der Waals surface area contributed by atoms with Crippen molar-refractivity contribution in [3.63, 3.8) is 0 Å². The molecule has 1 aliphatic heterocycles. The second-order valence-corrected chi connectivity index (χ2v) is 7.45. The average Bonchev–Trinajstić information content (AvgIpc) is 3.12. The summed E-state index contributed by atoms with van der Waals surface area (Å²) in [6.07, 6.45) is 4.25. The molecule has 0 saturated carbocycles. The molecular weight excluding hydrogens is 404 g/mol. The summed E-state index contributed by atoms with van der Waals surface area (Å²) in [6, 6.07) is 5.48. The van der Waals surface area contributed by atoms with E-state index in [1.165, 1.54) is 31.5 Å². The van der Waals surface area contributed by atoms with Crippen molar-refractivity contribution in [2.24, 2.45) is 4.99 Å². The number of hydrogen-bond donors (Lipinski definition) is 1. The molecule has 0 bridgehead atoms. The molecule has 2 aromatic rings. The number of nitrogens with one attached hydrogen (secondary N) is 1. The van der Waals surface area contributed by atoms with Crippen LogP contribution in [0.15, 0.2) is 69.8 Å². The lowest BCUT2D eigenvalue weighted by Crippen LogP contribution is -2.31. The van der Waals surface area contributed by atoms with Crippen molar-refractivity contribution in [3.8, 4) is 5.75 Å². The Morgan fingerprint density at radius 3 is 2.66 bits per heavy atom. The fourth-order valence-corrected chi connectivity index (χ4v) is 3.75. The maximum atomic E-state index is 14.1. The van der Waals surface area contributed by atoms with E-state index in [0.29, 0.717) is 5.57 Å². The molecule has 0 aliphatic carbocycles. The van der Waals surface area contributed by atoms with Gasteiger partial charge in [0.05, 0.1) is 12.8 Å². The van der Waals surface area contributed by atoms with Gasteiger partial charge in [-0.25, -0.2) is 26.9 Å². The van der Waals surface area contributed by atoms with E-state index in [2.05, 4.69) is 9.98 Å². The number of methoxy groups -OCH3 is 1.